The van der Waals surface area contributed by atoms with E-state index >= 15 is 0 Å². The number of nitrogens with zero attached hydrogens (tertiary/aromatic N) is 1. The van der Waals surface area contributed by atoms with Crippen LogP contribution in [-0.4, -0.2) is 42.3 Å². The zero-order valence-corrected chi connectivity index (χ0v) is 12.3. The summed E-state index contributed by atoms with van der Waals surface area (Å²) in [6.07, 6.45) is 1.22. The summed E-state index contributed by atoms with van der Waals surface area (Å²) in [6, 6.07) is 10.7. The molecule has 2 unspecified atom stereocenters. The summed E-state index contributed by atoms with van der Waals surface area (Å²) in [6.45, 7) is 9.31. The molecule has 1 heterocycles. The summed E-state index contributed by atoms with van der Waals surface area (Å²) in [5.74, 6) is 0. The summed E-state index contributed by atoms with van der Waals surface area (Å²) < 4.78 is 5.92. The lowest BCUT2D eigenvalue weighted by molar-refractivity contribution is -0.129. The summed E-state index contributed by atoms with van der Waals surface area (Å²) in [5, 5.41) is 0. The maximum Gasteiger partial charge on any atom is 0.0757 e. The Kier molecular flexibility index (Phi) is 4.61. The molecule has 0 spiro atoms. The van der Waals surface area contributed by atoms with Gasteiger partial charge in [-0.3, -0.25) is 4.90 Å². The molecule has 1 saturated heterocycles. The number of morpholine rings is 1. The van der Waals surface area contributed by atoms with Gasteiger partial charge in [-0.25, -0.2) is 0 Å². The van der Waals surface area contributed by atoms with Crippen LogP contribution in [0.4, 0.5) is 0 Å². The maximum absolute atomic E-state index is 6.29. The van der Waals surface area contributed by atoms with Gasteiger partial charge in [0, 0.05) is 25.7 Å². The van der Waals surface area contributed by atoms with Gasteiger partial charge in [0.05, 0.1) is 11.7 Å². The van der Waals surface area contributed by atoms with Crippen molar-refractivity contribution < 1.29 is 4.74 Å². The molecule has 19 heavy (non-hydrogen) atoms. The zero-order chi connectivity index (χ0) is 13.9. The highest BCUT2D eigenvalue weighted by atomic mass is 16.5. The van der Waals surface area contributed by atoms with Crippen LogP contribution in [0.15, 0.2) is 30.3 Å². The van der Waals surface area contributed by atoms with E-state index in [0.717, 1.165) is 26.1 Å². The number of hydrogen-bond acceptors (Lipinski definition) is 3. The maximum atomic E-state index is 6.29. The fourth-order valence-electron chi connectivity index (χ4n) is 3.04. The van der Waals surface area contributed by atoms with Crippen molar-refractivity contribution in [2.45, 2.75) is 44.9 Å². The molecule has 2 rings (SSSR count). The fourth-order valence-corrected chi connectivity index (χ4v) is 3.04. The van der Waals surface area contributed by atoms with Gasteiger partial charge in [-0.2, -0.15) is 0 Å². The minimum absolute atomic E-state index is 0.0653. The van der Waals surface area contributed by atoms with E-state index in [-0.39, 0.29) is 17.7 Å². The average Bonchev–Trinajstić information content (AvgIpc) is 2.26. The Morgan fingerprint density at radius 3 is 2.68 bits per heavy atom. The molecule has 0 aliphatic carbocycles. The van der Waals surface area contributed by atoms with Gasteiger partial charge in [0.15, 0.2) is 0 Å². The van der Waals surface area contributed by atoms with Crippen LogP contribution in [0.5, 0.6) is 0 Å². The third-order valence-electron chi connectivity index (χ3n) is 3.47. The van der Waals surface area contributed by atoms with Crippen LogP contribution in [0.1, 0.15) is 26.3 Å². The number of rotatable bonds is 4. The molecular weight excluding hydrogens is 236 g/mol. The summed E-state index contributed by atoms with van der Waals surface area (Å²) in [7, 11) is 0. The summed E-state index contributed by atoms with van der Waals surface area (Å²) in [5.41, 5.74) is 7.54. The fraction of sp³-hybridized carbons (Fsp3) is 0.625. The van der Waals surface area contributed by atoms with Crippen molar-refractivity contribution >= 4 is 0 Å². The number of hydrogen-bond donors (Lipinski definition) is 1. The molecule has 2 N–H and O–H groups in total. The van der Waals surface area contributed by atoms with Gasteiger partial charge in [-0.05, 0) is 32.8 Å². The van der Waals surface area contributed by atoms with Gasteiger partial charge in [-0.15, -0.1) is 0 Å². The lowest BCUT2D eigenvalue weighted by Crippen LogP contribution is -2.54. The normalized spacial score (nSPS) is 25.2. The second kappa shape index (κ2) is 6.04. The highest BCUT2D eigenvalue weighted by molar-refractivity contribution is 5.15. The quantitative estimate of drug-likeness (QED) is 0.902. The van der Waals surface area contributed by atoms with Gasteiger partial charge >= 0.3 is 0 Å². The molecule has 1 aromatic carbocycles. The number of ether oxygens (including phenoxy) is 1. The van der Waals surface area contributed by atoms with Crippen LogP contribution in [0.2, 0.25) is 0 Å². The second-order valence-corrected chi connectivity index (χ2v) is 6.33. The molecule has 1 fully saturated rings. The minimum Gasteiger partial charge on any atom is -0.370 e. The molecule has 0 amide bonds. The van der Waals surface area contributed by atoms with E-state index in [0.29, 0.717) is 0 Å². The predicted octanol–water partition coefficient (Wildman–Crippen LogP) is 2.06. The van der Waals surface area contributed by atoms with Crippen molar-refractivity contribution in [2.24, 2.45) is 5.73 Å². The smallest absolute Gasteiger partial charge is 0.0757 e. The summed E-state index contributed by atoms with van der Waals surface area (Å²) in [4.78, 5) is 2.43. The first-order valence-corrected chi connectivity index (χ1v) is 7.14. The summed E-state index contributed by atoms with van der Waals surface area (Å²) >= 11 is 0. The predicted molar refractivity (Wildman–Crippen MR) is 79.2 cm³/mol. The number of benzene rings is 1. The van der Waals surface area contributed by atoms with E-state index in [1.807, 2.05) is 6.07 Å². The molecule has 0 bridgehead atoms. The standard InChI is InChI=1S/C16H26N2O/c1-13-10-18(12-16(2,3)19-13)11-15(17)9-14-7-5-4-6-8-14/h4-8,13,15H,9-12,17H2,1-3H3. The van der Waals surface area contributed by atoms with E-state index in [2.05, 4.69) is 49.9 Å². The van der Waals surface area contributed by atoms with Gasteiger partial charge in [0.1, 0.15) is 0 Å². The minimum atomic E-state index is -0.0653. The van der Waals surface area contributed by atoms with E-state index in [9.17, 15) is 0 Å². The lowest BCUT2D eigenvalue weighted by atomic mass is 10.0. The Hall–Kier alpha value is -0.900. The Labute approximate surface area is 116 Å². The van der Waals surface area contributed by atoms with Crippen molar-refractivity contribution in [3.63, 3.8) is 0 Å². The SMILES string of the molecule is CC1CN(CC(N)Cc2ccccc2)CC(C)(C)O1. The molecule has 1 aliphatic heterocycles. The highest BCUT2D eigenvalue weighted by Crippen LogP contribution is 2.20. The third kappa shape index (κ3) is 4.60. The first kappa shape index (κ1) is 14.5. The van der Waals surface area contributed by atoms with Crippen molar-refractivity contribution in [2.75, 3.05) is 19.6 Å². The van der Waals surface area contributed by atoms with E-state index in [4.69, 9.17) is 10.5 Å². The zero-order valence-electron chi connectivity index (χ0n) is 12.3. The number of nitrogens with two attached hydrogens (primary N) is 1. The monoisotopic (exact) mass is 262 g/mol. The Bertz CT molecular complexity index is 391. The Morgan fingerprint density at radius 1 is 1.37 bits per heavy atom. The Balaban J connectivity index is 1.86. The van der Waals surface area contributed by atoms with Crippen LogP contribution in [-0.2, 0) is 11.2 Å². The van der Waals surface area contributed by atoms with E-state index in [1.54, 1.807) is 0 Å². The largest absolute Gasteiger partial charge is 0.370 e. The molecule has 3 nitrogen and oxygen atoms in total. The molecule has 0 aromatic heterocycles. The van der Waals surface area contributed by atoms with Crippen LogP contribution in [0.3, 0.4) is 0 Å². The average molecular weight is 262 g/mol. The molecule has 0 saturated carbocycles. The van der Waals surface area contributed by atoms with Crippen molar-refractivity contribution in [3.05, 3.63) is 35.9 Å². The molecule has 1 aromatic rings. The molecule has 2 atom stereocenters. The van der Waals surface area contributed by atoms with Crippen molar-refractivity contribution in [1.29, 1.82) is 0 Å². The molecule has 0 radical (unpaired) electrons. The topological polar surface area (TPSA) is 38.5 Å². The van der Waals surface area contributed by atoms with Crippen LogP contribution in [0, 0.1) is 0 Å². The lowest BCUT2D eigenvalue weighted by Gasteiger charge is -2.42. The van der Waals surface area contributed by atoms with Gasteiger partial charge < -0.3 is 10.5 Å². The van der Waals surface area contributed by atoms with Crippen molar-refractivity contribution in [3.8, 4) is 0 Å². The second-order valence-electron chi connectivity index (χ2n) is 6.33. The Morgan fingerprint density at radius 2 is 2.05 bits per heavy atom. The van der Waals surface area contributed by atoms with Crippen molar-refractivity contribution in [1.82, 2.24) is 4.90 Å². The first-order chi connectivity index (χ1) is 8.94. The van der Waals surface area contributed by atoms with Crippen LogP contribution in [0.25, 0.3) is 0 Å². The van der Waals surface area contributed by atoms with Crippen LogP contribution >= 0.6 is 0 Å². The molecule has 106 valence electrons. The van der Waals surface area contributed by atoms with Gasteiger partial charge in [-0.1, -0.05) is 30.3 Å². The molecule has 1 aliphatic rings. The third-order valence-corrected chi connectivity index (χ3v) is 3.47. The molecular formula is C16H26N2O. The van der Waals surface area contributed by atoms with E-state index in [1.165, 1.54) is 5.56 Å². The van der Waals surface area contributed by atoms with Gasteiger partial charge in [0.2, 0.25) is 0 Å². The van der Waals surface area contributed by atoms with E-state index < -0.39 is 0 Å². The van der Waals surface area contributed by atoms with Crippen LogP contribution < -0.4 is 5.73 Å². The highest BCUT2D eigenvalue weighted by Gasteiger charge is 2.31. The van der Waals surface area contributed by atoms with Gasteiger partial charge in [0.25, 0.3) is 0 Å². The molecule has 3 heteroatoms. The first-order valence-electron chi connectivity index (χ1n) is 7.14.